The lowest BCUT2D eigenvalue weighted by molar-refractivity contribution is -0.162. The van der Waals surface area contributed by atoms with E-state index in [0.29, 0.717) is 17.3 Å². The molecule has 4 saturated carbocycles. The molecular formula is C46H84O2. The number of carbonyl (C=O) groups is 1. The molecule has 4 aliphatic rings. The maximum absolute atomic E-state index is 12.9. The smallest absolute Gasteiger partial charge is 0.306 e. The normalized spacial score (nSPS) is 34.3. The summed E-state index contributed by atoms with van der Waals surface area (Å²) in [5.41, 5.74) is 1.04. The van der Waals surface area contributed by atoms with Gasteiger partial charge in [-0.25, -0.2) is 0 Å². The molecule has 2 heteroatoms. The lowest BCUT2D eigenvalue weighted by Gasteiger charge is -2.61. The van der Waals surface area contributed by atoms with E-state index >= 15 is 0 Å². The van der Waals surface area contributed by atoms with Crippen LogP contribution in [0.3, 0.4) is 0 Å². The number of ether oxygens (including phenoxy) is 1. The summed E-state index contributed by atoms with van der Waals surface area (Å²) in [6.07, 6.45) is 36.4. The van der Waals surface area contributed by atoms with Gasteiger partial charge in [0.25, 0.3) is 0 Å². The molecule has 0 radical (unpaired) electrons. The van der Waals surface area contributed by atoms with E-state index < -0.39 is 0 Å². The van der Waals surface area contributed by atoms with Gasteiger partial charge in [-0.05, 0) is 122 Å². The first-order chi connectivity index (χ1) is 23.1. The van der Waals surface area contributed by atoms with E-state index in [1.165, 1.54) is 148 Å². The average Bonchev–Trinajstić information content (AvgIpc) is 3.42. The molecule has 0 amide bonds. The Hall–Kier alpha value is -0.530. The van der Waals surface area contributed by atoms with Gasteiger partial charge in [0, 0.05) is 6.42 Å². The van der Waals surface area contributed by atoms with Gasteiger partial charge in [0.05, 0.1) is 0 Å². The zero-order valence-corrected chi connectivity index (χ0v) is 33.6. The van der Waals surface area contributed by atoms with Gasteiger partial charge < -0.3 is 4.74 Å². The number of carbonyl (C=O) groups excluding carboxylic acids is 1. The topological polar surface area (TPSA) is 26.3 Å². The fourth-order valence-electron chi connectivity index (χ4n) is 12.2. The Kier molecular flexibility index (Phi) is 16.7. The van der Waals surface area contributed by atoms with Crippen molar-refractivity contribution >= 4 is 5.97 Å². The second kappa shape index (κ2) is 19.9. The predicted octanol–water partition coefficient (Wildman–Crippen LogP) is 14.5. The molecule has 4 aliphatic carbocycles. The van der Waals surface area contributed by atoms with E-state index in [9.17, 15) is 4.79 Å². The molecule has 280 valence electrons. The fraction of sp³-hybridized carbons (Fsp3) is 0.978. The Balaban J connectivity index is 1.09. The molecule has 0 aromatic heterocycles. The van der Waals surface area contributed by atoms with Crippen molar-refractivity contribution in [3.8, 4) is 0 Å². The summed E-state index contributed by atoms with van der Waals surface area (Å²) >= 11 is 0. The molecule has 0 heterocycles. The van der Waals surface area contributed by atoms with Gasteiger partial charge in [0.2, 0.25) is 0 Å². The summed E-state index contributed by atoms with van der Waals surface area (Å²) in [6.45, 7) is 17.6. The number of hydrogen-bond acceptors (Lipinski definition) is 2. The second-order valence-electron chi connectivity index (χ2n) is 19.2. The number of esters is 1. The molecule has 0 aromatic carbocycles. The monoisotopic (exact) mass is 669 g/mol. The van der Waals surface area contributed by atoms with Crippen molar-refractivity contribution in [3.63, 3.8) is 0 Å². The van der Waals surface area contributed by atoms with Gasteiger partial charge >= 0.3 is 5.97 Å². The van der Waals surface area contributed by atoms with Gasteiger partial charge in [0.15, 0.2) is 0 Å². The maximum Gasteiger partial charge on any atom is 0.306 e. The van der Waals surface area contributed by atoms with Crippen molar-refractivity contribution in [1.82, 2.24) is 0 Å². The van der Waals surface area contributed by atoms with E-state index in [2.05, 4.69) is 48.5 Å². The molecule has 48 heavy (non-hydrogen) atoms. The van der Waals surface area contributed by atoms with Crippen molar-refractivity contribution in [2.75, 3.05) is 0 Å². The number of fused-ring (bicyclic) bond motifs is 5. The van der Waals surface area contributed by atoms with Crippen LogP contribution in [-0.2, 0) is 9.53 Å². The van der Waals surface area contributed by atoms with Gasteiger partial charge in [-0.1, -0.05) is 151 Å². The lowest BCUT2D eigenvalue weighted by Crippen LogP contribution is -2.54. The first-order valence-electron chi connectivity index (χ1n) is 22.3. The van der Waals surface area contributed by atoms with E-state index in [0.717, 1.165) is 66.6 Å². The van der Waals surface area contributed by atoms with Crippen LogP contribution < -0.4 is 0 Å². The van der Waals surface area contributed by atoms with Crippen LogP contribution >= 0.6 is 0 Å². The summed E-state index contributed by atoms with van der Waals surface area (Å²) in [6, 6.07) is 0. The Morgan fingerprint density at radius 2 is 1.21 bits per heavy atom. The summed E-state index contributed by atoms with van der Waals surface area (Å²) < 4.78 is 6.18. The van der Waals surface area contributed by atoms with Crippen molar-refractivity contribution < 1.29 is 9.53 Å². The zero-order chi connectivity index (χ0) is 34.6. The first kappa shape index (κ1) is 40.2. The van der Waals surface area contributed by atoms with Crippen LogP contribution in [0.2, 0.25) is 0 Å². The number of unbranched alkanes of at least 4 members (excludes halogenated alkanes) is 14. The summed E-state index contributed by atoms with van der Waals surface area (Å²) in [5.74, 6) is 7.14. The lowest BCUT2D eigenvalue weighted by atomic mass is 9.44. The van der Waals surface area contributed by atoms with Crippen LogP contribution in [0, 0.1) is 58.2 Å². The van der Waals surface area contributed by atoms with Crippen LogP contribution in [0.4, 0.5) is 0 Å². The van der Waals surface area contributed by atoms with E-state index in [4.69, 9.17) is 4.74 Å². The number of hydrogen-bond donors (Lipinski definition) is 0. The fourth-order valence-corrected chi connectivity index (χ4v) is 12.2. The third kappa shape index (κ3) is 10.7. The minimum absolute atomic E-state index is 0.0920. The minimum atomic E-state index is 0.0920. The van der Waals surface area contributed by atoms with E-state index in [-0.39, 0.29) is 12.1 Å². The highest BCUT2D eigenvalue weighted by molar-refractivity contribution is 5.69. The summed E-state index contributed by atoms with van der Waals surface area (Å²) in [5, 5.41) is 0. The zero-order valence-electron chi connectivity index (χ0n) is 33.6. The second-order valence-corrected chi connectivity index (χ2v) is 19.2. The Labute approximate surface area is 300 Å². The quantitative estimate of drug-likeness (QED) is 0.0847. The molecule has 0 aromatic rings. The highest BCUT2D eigenvalue weighted by Crippen LogP contribution is 2.68. The molecule has 10 atom stereocenters. The Bertz CT molecular complexity index is 910. The van der Waals surface area contributed by atoms with Crippen molar-refractivity contribution in [3.05, 3.63) is 0 Å². The molecular weight excluding hydrogens is 585 g/mol. The molecule has 0 bridgehead atoms. The molecule has 4 fully saturated rings. The third-order valence-corrected chi connectivity index (χ3v) is 15.9. The van der Waals surface area contributed by atoms with Crippen LogP contribution in [-0.4, -0.2) is 12.1 Å². The predicted molar refractivity (Wildman–Crippen MR) is 207 cm³/mol. The summed E-state index contributed by atoms with van der Waals surface area (Å²) in [7, 11) is 0. The van der Waals surface area contributed by atoms with Crippen molar-refractivity contribution in [2.45, 2.75) is 228 Å². The van der Waals surface area contributed by atoms with Gasteiger partial charge in [-0.2, -0.15) is 0 Å². The van der Waals surface area contributed by atoms with Crippen LogP contribution in [0.25, 0.3) is 0 Å². The van der Waals surface area contributed by atoms with Gasteiger partial charge in [-0.15, -0.1) is 0 Å². The SMILES string of the molecule is CCCCCCCCCCCCCCCCCC(=O)OC1CC[C@@]2(C)C(CC[C@H]3[C@@H]4CC[C@H]([C@H](C)CC[C@@H](C)C(C)C)[C@@]4(C)CC[C@@H]32)C1. The highest BCUT2D eigenvalue weighted by Gasteiger charge is 2.60. The van der Waals surface area contributed by atoms with Crippen LogP contribution in [0.1, 0.15) is 222 Å². The molecule has 2 nitrogen and oxygen atoms in total. The van der Waals surface area contributed by atoms with E-state index in [1.54, 1.807) is 0 Å². The van der Waals surface area contributed by atoms with Gasteiger partial charge in [-0.3, -0.25) is 4.79 Å². The Morgan fingerprint density at radius 3 is 1.81 bits per heavy atom. The van der Waals surface area contributed by atoms with Gasteiger partial charge in [0.1, 0.15) is 6.10 Å². The van der Waals surface area contributed by atoms with Crippen molar-refractivity contribution in [2.24, 2.45) is 58.2 Å². The van der Waals surface area contributed by atoms with Crippen molar-refractivity contribution in [1.29, 1.82) is 0 Å². The molecule has 2 unspecified atom stereocenters. The maximum atomic E-state index is 12.9. The molecule has 0 N–H and O–H groups in total. The first-order valence-corrected chi connectivity index (χ1v) is 22.3. The average molecular weight is 669 g/mol. The molecule has 0 aliphatic heterocycles. The molecule has 0 saturated heterocycles. The molecule has 4 rings (SSSR count). The standard InChI is InChI=1S/C46H84O2/c1-8-9-10-11-12-13-14-15-16-17-18-19-20-21-22-23-44(47)48-39-30-32-45(6)38(34-39)26-27-40-42-29-28-41(46(42,7)33-31-43(40)45)37(5)25-24-36(4)35(2)3/h35-43H,8-34H2,1-7H3/t36-,37-,38?,39?,40+,41-,42+,43+,45+,46-/m1/s1. The van der Waals surface area contributed by atoms with E-state index in [1.807, 2.05) is 0 Å². The summed E-state index contributed by atoms with van der Waals surface area (Å²) in [4.78, 5) is 12.9. The largest absolute Gasteiger partial charge is 0.462 e. The number of rotatable bonds is 22. The van der Waals surface area contributed by atoms with Crippen LogP contribution in [0.15, 0.2) is 0 Å². The highest BCUT2D eigenvalue weighted by atomic mass is 16.5. The minimum Gasteiger partial charge on any atom is -0.462 e. The molecule has 0 spiro atoms. The Morgan fingerprint density at radius 1 is 0.646 bits per heavy atom. The van der Waals surface area contributed by atoms with Crippen LogP contribution in [0.5, 0.6) is 0 Å². The third-order valence-electron chi connectivity index (χ3n) is 15.9.